The molecule has 32 heavy (non-hydrogen) atoms. The minimum Gasteiger partial charge on any atom is -0.349 e. The lowest BCUT2D eigenvalue weighted by molar-refractivity contribution is 0.0931. The first-order valence-electron chi connectivity index (χ1n) is 11.1. The number of allylic oxidation sites excluding steroid dienone is 1. The number of benzene rings is 3. The highest BCUT2D eigenvalue weighted by Crippen LogP contribution is 2.18. The van der Waals surface area contributed by atoms with E-state index in [4.69, 9.17) is 11.6 Å². The van der Waals surface area contributed by atoms with Gasteiger partial charge in [0.1, 0.15) is 0 Å². The van der Waals surface area contributed by atoms with Crippen molar-refractivity contribution in [1.82, 2.24) is 5.32 Å². The number of rotatable bonds is 10. The molecule has 3 heteroatoms. The summed E-state index contributed by atoms with van der Waals surface area (Å²) in [6, 6.07) is 25.9. The van der Waals surface area contributed by atoms with Crippen LogP contribution < -0.4 is 5.32 Å². The van der Waals surface area contributed by atoms with Gasteiger partial charge < -0.3 is 5.32 Å². The number of carbonyl (C=O) groups excluding carboxylic acids is 1. The molecule has 0 radical (unpaired) electrons. The van der Waals surface area contributed by atoms with Crippen LogP contribution in [0.15, 0.2) is 91.5 Å². The Hall–Kier alpha value is -3.10. The Morgan fingerprint density at radius 2 is 1.53 bits per heavy atom. The fraction of sp³-hybridized carbons (Fsp3) is 0.207. The fourth-order valence-electron chi connectivity index (χ4n) is 3.65. The summed E-state index contributed by atoms with van der Waals surface area (Å²) in [5, 5.41) is 3.92. The maximum absolute atomic E-state index is 12.8. The second kappa shape index (κ2) is 12.1. The summed E-state index contributed by atoms with van der Waals surface area (Å²) >= 11 is 5.93. The van der Waals surface area contributed by atoms with Crippen LogP contribution in [0.4, 0.5) is 0 Å². The van der Waals surface area contributed by atoms with E-state index in [1.807, 2.05) is 72.8 Å². The van der Waals surface area contributed by atoms with Crippen LogP contribution in [0.3, 0.4) is 0 Å². The van der Waals surface area contributed by atoms with Crippen molar-refractivity contribution < 1.29 is 4.79 Å². The van der Waals surface area contributed by atoms with Gasteiger partial charge in [-0.3, -0.25) is 4.79 Å². The quantitative estimate of drug-likeness (QED) is 0.256. The van der Waals surface area contributed by atoms with Crippen molar-refractivity contribution in [2.45, 2.75) is 32.2 Å². The number of hydrogen-bond acceptors (Lipinski definition) is 1. The van der Waals surface area contributed by atoms with Gasteiger partial charge in [0, 0.05) is 16.6 Å². The zero-order valence-electron chi connectivity index (χ0n) is 18.5. The Morgan fingerprint density at radius 3 is 2.09 bits per heavy atom. The third kappa shape index (κ3) is 7.25. The predicted octanol–water partition coefficient (Wildman–Crippen LogP) is 7.45. The smallest absolute Gasteiger partial charge is 0.251 e. The summed E-state index contributed by atoms with van der Waals surface area (Å²) in [7, 11) is 0. The molecular formula is C29H30ClNO. The van der Waals surface area contributed by atoms with Gasteiger partial charge in [-0.1, -0.05) is 91.4 Å². The van der Waals surface area contributed by atoms with Crippen molar-refractivity contribution in [2.75, 3.05) is 0 Å². The predicted molar refractivity (Wildman–Crippen MR) is 137 cm³/mol. The zero-order valence-corrected chi connectivity index (χ0v) is 19.3. The van der Waals surface area contributed by atoms with Gasteiger partial charge in [-0.2, -0.15) is 0 Å². The lowest BCUT2D eigenvalue weighted by atomic mass is 9.91. The number of halogens is 1. The molecule has 0 heterocycles. The van der Waals surface area contributed by atoms with Crippen molar-refractivity contribution in [2.24, 2.45) is 5.92 Å². The molecule has 3 rings (SSSR count). The van der Waals surface area contributed by atoms with Crippen LogP contribution in [0.1, 0.15) is 46.8 Å². The Kier molecular flexibility index (Phi) is 8.89. The Balaban J connectivity index is 1.57. The molecular weight excluding hydrogens is 414 g/mol. The van der Waals surface area contributed by atoms with Crippen LogP contribution in [-0.4, -0.2) is 11.9 Å². The molecule has 0 saturated carbocycles. The van der Waals surface area contributed by atoms with E-state index >= 15 is 0 Å². The second-order valence-corrected chi connectivity index (χ2v) is 8.44. The van der Waals surface area contributed by atoms with E-state index < -0.39 is 0 Å². The van der Waals surface area contributed by atoms with Crippen LogP contribution >= 0.6 is 11.6 Å². The standard InChI is InChI=1S/C29H30ClNO/c1-3-22(20-25-8-6-5-7-9-25)21-28(4-2)31-29(32)26-16-12-23(13-17-26)10-11-24-14-18-27(30)19-15-24/h3,5-19,22,28H,1,4,20-21H2,2H3,(H,31,32)/b11-10+. The van der Waals surface area contributed by atoms with E-state index in [2.05, 4.69) is 43.1 Å². The first-order chi connectivity index (χ1) is 15.6. The third-order valence-electron chi connectivity index (χ3n) is 5.60. The molecule has 0 aliphatic rings. The summed E-state index contributed by atoms with van der Waals surface area (Å²) in [6.07, 6.45) is 8.75. The van der Waals surface area contributed by atoms with E-state index in [0.717, 1.165) is 35.4 Å². The molecule has 0 fully saturated rings. The molecule has 0 saturated heterocycles. The highest BCUT2D eigenvalue weighted by Gasteiger charge is 2.16. The van der Waals surface area contributed by atoms with E-state index in [1.165, 1.54) is 5.56 Å². The van der Waals surface area contributed by atoms with Crippen molar-refractivity contribution in [3.63, 3.8) is 0 Å². The van der Waals surface area contributed by atoms with E-state index in [-0.39, 0.29) is 11.9 Å². The van der Waals surface area contributed by atoms with Crippen molar-refractivity contribution in [1.29, 1.82) is 0 Å². The topological polar surface area (TPSA) is 29.1 Å². The van der Waals surface area contributed by atoms with Crippen molar-refractivity contribution in [3.8, 4) is 0 Å². The van der Waals surface area contributed by atoms with Gasteiger partial charge in [-0.05, 0) is 66.1 Å². The molecule has 0 aliphatic heterocycles. The van der Waals surface area contributed by atoms with Gasteiger partial charge in [-0.15, -0.1) is 6.58 Å². The first kappa shape index (κ1) is 23.6. The average molecular weight is 444 g/mol. The van der Waals surface area contributed by atoms with Crippen molar-refractivity contribution >= 4 is 29.7 Å². The molecule has 0 spiro atoms. The summed E-state index contributed by atoms with van der Waals surface area (Å²) < 4.78 is 0. The van der Waals surface area contributed by atoms with Crippen LogP contribution in [-0.2, 0) is 6.42 Å². The van der Waals surface area contributed by atoms with Gasteiger partial charge in [-0.25, -0.2) is 0 Å². The van der Waals surface area contributed by atoms with Gasteiger partial charge in [0.05, 0.1) is 0 Å². The number of amides is 1. The minimum absolute atomic E-state index is 0.0346. The molecule has 1 amide bonds. The summed E-state index contributed by atoms with van der Waals surface area (Å²) in [6.45, 7) is 6.12. The number of hydrogen-bond donors (Lipinski definition) is 1. The Bertz CT molecular complexity index is 1020. The third-order valence-corrected chi connectivity index (χ3v) is 5.85. The van der Waals surface area contributed by atoms with Gasteiger partial charge in [0.2, 0.25) is 0 Å². The van der Waals surface area contributed by atoms with E-state index in [9.17, 15) is 4.79 Å². The van der Waals surface area contributed by atoms with Gasteiger partial charge in [0.25, 0.3) is 5.91 Å². The normalized spacial score (nSPS) is 12.9. The Labute approximate surface area is 196 Å². The molecule has 1 N–H and O–H groups in total. The lowest BCUT2D eigenvalue weighted by Crippen LogP contribution is -2.36. The molecule has 3 aromatic carbocycles. The molecule has 2 unspecified atom stereocenters. The lowest BCUT2D eigenvalue weighted by Gasteiger charge is -2.22. The minimum atomic E-state index is -0.0346. The first-order valence-corrected chi connectivity index (χ1v) is 11.5. The highest BCUT2D eigenvalue weighted by atomic mass is 35.5. The van der Waals surface area contributed by atoms with E-state index in [0.29, 0.717) is 11.5 Å². The average Bonchev–Trinajstić information content (AvgIpc) is 2.83. The largest absolute Gasteiger partial charge is 0.349 e. The molecule has 0 bridgehead atoms. The second-order valence-electron chi connectivity index (χ2n) is 8.01. The summed E-state index contributed by atoms with van der Waals surface area (Å²) in [5.41, 5.74) is 4.08. The molecule has 0 aromatic heterocycles. The van der Waals surface area contributed by atoms with Crippen molar-refractivity contribution in [3.05, 3.63) is 119 Å². The molecule has 0 aliphatic carbocycles. The van der Waals surface area contributed by atoms with Crippen LogP contribution in [0.5, 0.6) is 0 Å². The molecule has 2 atom stereocenters. The molecule has 2 nitrogen and oxygen atoms in total. The van der Waals surface area contributed by atoms with Crippen LogP contribution in [0.2, 0.25) is 5.02 Å². The van der Waals surface area contributed by atoms with Gasteiger partial charge in [0.15, 0.2) is 0 Å². The van der Waals surface area contributed by atoms with Crippen LogP contribution in [0, 0.1) is 5.92 Å². The van der Waals surface area contributed by atoms with Crippen LogP contribution in [0.25, 0.3) is 12.2 Å². The highest BCUT2D eigenvalue weighted by molar-refractivity contribution is 6.30. The fourth-order valence-corrected chi connectivity index (χ4v) is 3.78. The summed E-state index contributed by atoms with van der Waals surface area (Å²) in [4.78, 5) is 12.8. The number of nitrogens with one attached hydrogen (secondary N) is 1. The van der Waals surface area contributed by atoms with E-state index in [1.54, 1.807) is 0 Å². The summed E-state index contributed by atoms with van der Waals surface area (Å²) in [5.74, 6) is 0.288. The van der Waals surface area contributed by atoms with Gasteiger partial charge >= 0.3 is 0 Å². The molecule has 3 aromatic rings. The number of carbonyl (C=O) groups is 1. The molecule has 164 valence electrons. The Morgan fingerprint density at radius 1 is 0.938 bits per heavy atom. The monoisotopic (exact) mass is 443 g/mol. The maximum Gasteiger partial charge on any atom is 0.251 e. The zero-order chi connectivity index (χ0) is 22.8. The maximum atomic E-state index is 12.8. The SMILES string of the molecule is C=CC(Cc1ccccc1)CC(CC)NC(=O)c1ccc(/C=C/c2ccc(Cl)cc2)cc1.